The van der Waals surface area contributed by atoms with Gasteiger partial charge in [0.1, 0.15) is 0 Å². The summed E-state index contributed by atoms with van der Waals surface area (Å²) in [6.45, 7) is 0.626. The second kappa shape index (κ2) is 3.71. The highest BCUT2D eigenvalue weighted by Crippen LogP contribution is 2.41. The van der Waals surface area contributed by atoms with Crippen molar-refractivity contribution in [3.8, 4) is 5.88 Å². The van der Waals surface area contributed by atoms with Crippen LogP contribution in [0, 0.1) is 0 Å². The summed E-state index contributed by atoms with van der Waals surface area (Å²) in [7, 11) is 0. The first-order valence-corrected chi connectivity index (χ1v) is 6.20. The van der Waals surface area contributed by atoms with Gasteiger partial charge in [0.15, 0.2) is 0 Å². The average molecular weight is 303 g/mol. The van der Waals surface area contributed by atoms with E-state index in [0.29, 0.717) is 18.6 Å². The maximum absolute atomic E-state index is 11.7. The molecule has 3 rings (SSSR count). The first kappa shape index (κ1) is 11.0. The third-order valence-corrected chi connectivity index (χ3v) is 4.18. The molecule has 0 spiro atoms. The molecule has 1 fully saturated rings. The van der Waals surface area contributed by atoms with Crippen LogP contribution in [-0.4, -0.2) is 27.2 Å². The highest BCUT2D eigenvalue weighted by atomic mass is 79.9. The van der Waals surface area contributed by atoms with Crippen molar-refractivity contribution in [3.63, 3.8) is 0 Å². The van der Waals surface area contributed by atoms with Crippen LogP contribution in [0.5, 0.6) is 5.88 Å². The van der Waals surface area contributed by atoms with Gasteiger partial charge in [0.25, 0.3) is 5.56 Å². The second-order valence-corrected chi connectivity index (χ2v) is 5.93. The Kier molecular flexibility index (Phi) is 2.41. The summed E-state index contributed by atoms with van der Waals surface area (Å²) < 4.78 is 10.7. The maximum atomic E-state index is 11.7. The fourth-order valence-electron chi connectivity index (χ4n) is 2.29. The molecular weight excluding hydrogens is 292 g/mol. The number of hydrogen-bond acceptors (Lipinski definition) is 4. The zero-order valence-electron chi connectivity index (χ0n) is 8.92. The van der Waals surface area contributed by atoms with E-state index in [1.54, 1.807) is 0 Å². The van der Waals surface area contributed by atoms with Crippen LogP contribution in [0.1, 0.15) is 18.4 Å². The Bertz CT molecular complexity index is 566. The van der Waals surface area contributed by atoms with Gasteiger partial charge in [0.2, 0.25) is 12.2 Å². The van der Waals surface area contributed by atoms with Gasteiger partial charge in [-0.15, -0.1) is 0 Å². The summed E-state index contributed by atoms with van der Waals surface area (Å²) >= 11 is 3.60. The molecule has 7 heteroatoms. The molecule has 0 unspecified atom stereocenters. The average Bonchev–Trinajstić information content (AvgIpc) is 2.27. The molecule has 6 nitrogen and oxygen atoms in total. The number of halogens is 1. The Morgan fingerprint density at radius 3 is 3.00 bits per heavy atom. The second-order valence-electron chi connectivity index (χ2n) is 4.35. The molecule has 0 aromatic carbocycles. The van der Waals surface area contributed by atoms with Crippen molar-refractivity contribution in [3.05, 3.63) is 26.4 Å². The maximum Gasteiger partial charge on any atom is 0.328 e. The Balaban J connectivity index is 2.10. The van der Waals surface area contributed by atoms with Crippen LogP contribution in [0.15, 0.2) is 9.59 Å². The lowest BCUT2D eigenvalue weighted by atomic mass is 9.91. The van der Waals surface area contributed by atoms with E-state index in [-0.39, 0.29) is 10.2 Å². The molecule has 17 heavy (non-hydrogen) atoms. The predicted molar refractivity (Wildman–Crippen MR) is 62.6 cm³/mol. The minimum atomic E-state index is -0.563. The van der Waals surface area contributed by atoms with E-state index in [9.17, 15) is 9.59 Å². The van der Waals surface area contributed by atoms with E-state index in [1.165, 1.54) is 0 Å². The highest BCUT2D eigenvalue weighted by Gasteiger charge is 2.46. The van der Waals surface area contributed by atoms with Gasteiger partial charge in [-0.1, -0.05) is 15.9 Å². The standard InChI is InChI=1S/C10H11BrN2O4/c11-10-2-1-3-16-8(10)17-7-5(4-10)6(14)12-9(15)13-7/h8H,1-4H2,(H2,12,13,14,15)/t8-,10-/m0/s1. The molecule has 3 heterocycles. The largest absolute Gasteiger partial charge is 0.448 e. The third-order valence-electron chi connectivity index (χ3n) is 3.13. The van der Waals surface area contributed by atoms with Gasteiger partial charge >= 0.3 is 5.69 Å². The lowest BCUT2D eigenvalue weighted by molar-refractivity contribution is -0.135. The molecule has 1 aromatic heterocycles. The van der Waals surface area contributed by atoms with Crippen molar-refractivity contribution in [2.75, 3.05) is 6.61 Å². The van der Waals surface area contributed by atoms with Gasteiger partial charge < -0.3 is 9.47 Å². The lowest BCUT2D eigenvalue weighted by Crippen LogP contribution is -2.52. The number of alkyl halides is 1. The summed E-state index contributed by atoms with van der Waals surface area (Å²) in [6, 6.07) is 0. The van der Waals surface area contributed by atoms with Gasteiger partial charge in [0.05, 0.1) is 16.5 Å². The van der Waals surface area contributed by atoms with Gasteiger partial charge in [-0.3, -0.25) is 14.8 Å². The Morgan fingerprint density at radius 1 is 1.35 bits per heavy atom. The minimum absolute atomic E-state index is 0.223. The third kappa shape index (κ3) is 1.73. The fraction of sp³-hybridized carbons (Fsp3) is 0.600. The lowest BCUT2D eigenvalue weighted by Gasteiger charge is -2.42. The summed E-state index contributed by atoms with van der Waals surface area (Å²) in [5.74, 6) is 0.223. The molecule has 0 radical (unpaired) electrons. The van der Waals surface area contributed by atoms with Crippen LogP contribution in [0.4, 0.5) is 0 Å². The molecule has 0 aliphatic carbocycles. The Morgan fingerprint density at radius 2 is 2.18 bits per heavy atom. The van der Waals surface area contributed by atoms with E-state index < -0.39 is 17.5 Å². The molecule has 2 atom stereocenters. The number of nitrogens with one attached hydrogen (secondary N) is 2. The molecular formula is C10H11BrN2O4. The summed E-state index contributed by atoms with van der Waals surface area (Å²) in [4.78, 5) is 27.5. The predicted octanol–water partition coefficient (Wildman–Crippen LogP) is 0.268. The van der Waals surface area contributed by atoms with Crippen molar-refractivity contribution < 1.29 is 9.47 Å². The Hall–Kier alpha value is -1.08. The smallest absolute Gasteiger partial charge is 0.328 e. The number of aromatic amines is 2. The number of ether oxygens (including phenoxy) is 2. The van der Waals surface area contributed by atoms with Crippen LogP contribution < -0.4 is 16.0 Å². The van der Waals surface area contributed by atoms with E-state index in [4.69, 9.17) is 9.47 Å². The first-order valence-electron chi connectivity index (χ1n) is 5.41. The van der Waals surface area contributed by atoms with E-state index in [1.807, 2.05) is 0 Å². The molecule has 1 saturated heterocycles. The molecule has 2 aliphatic heterocycles. The first-order chi connectivity index (χ1) is 8.08. The topological polar surface area (TPSA) is 84.2 Å². The van der Waals surface area contributed by atoms with Crippen molar-refractivity contribution in [2.24, 2.45) is 0 Å². The highest BCUT2D eigenvalue weighted by molar-refractivity contribution is 9.10. The number of hydrogen-bond donors (Lipinski definition) is 2. The number of aromatic nitrogens is 2. The molecule has 0 saturated carbocycles. The van der Waals surface area contributed by atoms with Crippen molar-refractivity contribution >= 4 is 15.9 Å². The number of H-pyrrole nitrogens is 2. The zero-order chi connectivity index (χ0) is 12.0. The van der Waals surface area contributed by atoms with Crippen LogP contribution in [0.3, 0.4) is 0 Å². The van der Waals surface area contributed by atoms with E-state index >= 15 is 0 Å². The number of fused-ring (bicyclic) bond motifs is 2. The SMILES string of the molecule is O=c1[nH]c2c(c(=O)[nH]1)C[C@@]1(Br)CCCO[C@H]1O2. The van der Waals surface area contributed by atoms with Crippen molar-refractivity contribution in [1.82, 2.24) is 9.97 Å². The molecule has 92 valence electrons. The van der Waals surface area contributed by atoms with Crippen LogP contribution >= 0.6 is 15.9 Å². The summed E-state index contributed by atoms with van der Waals surface area (Å²) in [5, 5.41) is 0. The zero-order valence-corrected chi connectivity index (χ0v) is 10.5. The quantitative estimate of drug-likeness (QED) is 0.674. The minimum Gasteiger partial charge on any atom is -0.448 e. The van der Waals surface area contributed by atoms with Gasteiger partial charge in [0, 0.05) is 6.42 Å². The molecule has 1 aromatic rings. The normalized spacial score (nSPS) is 31.2. The van der Waals surface area contributed by atoms with Crippen LogP contribution in [0.2, 0.25) is 0 Å². The summed E-state index contributed by atoms with van der Waals surface area (Å²) in [5.41, 5.74) is -0.499. The van der Waals surface area contributed by atoms with Gasteiger partial charge in [-0.05, 0) is 12.8 Å². The van der Waals surface area contributed by atoms with Crippen LogP contribution in [-0.2, 0) is 11.2 Å². The molecule has 2 N–H and O–H groups in total. The van der Waals surface area contributed by atoms with Crippen LogP contribution in [0.25, 0.3) is 0 Å². The fourth-order valence-corrected chi connectivity index (χ4v) is 3.07. The van der Waals surface area contributed by atoms with Gasteiger partial charge in [-0.25, -0.2) is 4.79 Å². The molecule has 0 bridgehead atoms. The molecule has 0 amide bonds. The van der Waals surface area contributed by atoms with Gasteiger partial charge in [-0.2, -0.15) is 0 Å². The number of rotatable bonds is 0. The van der Waals surface area contributed by atoms with E-state index in [2.05, 4.69) is 25.9 Å². The van der Waals surface area contributed by atoms with Crippen molar-refractivity contribution in [2.45, 2.75) is 29.9 Å². The summed E-state index contributed by atoms with van der Waals surface area (Å²) in [6.07, 6.45) is 1.82. The Labute approximate surface area is 104 Å². The molecule has 2 aliphatic rings. The van der Waals surface area contributed by atoms with E-state index in [0.717, 1.165) is 12.8 Å². The monoisotopic (exact) mass is 302 g/mol. The van der Waals surface area contributed by atoms with Crippen molar-refractivity contribution in [1.29, 1.82) is 0 Å².